The second kappa shape index (κ2) is 16.5. The van der Waals surface area contributed by atoms with Crippen molar-refractivity contribution in [2.75, 3.05) is 18.0 Å². The lowest BCUT2D eigenvalue weighted by Gasteiger charge is -2.20. The van der Waals surface area contributed by atoms with Gasteiger partial charge in [0.2, 0.25) is 0 Å². The van der Waals surface area contributed by atoms with E-state index in [0.29, 0.717) is 12.3 Å². The minimum Gasteiger partial charge on any atom is -0.369 e. The van der Waals surface area contributed by atoms with Gasteiger partial charge in [0.1, 0.15) is 11.6 Å². The lowest BCUT2D eigenvalue weighted by Crippen LogP contribution is -2.20. The number of Topliss-reactive ketones (excluding diaryl/α,β-unsaturated/α-hetero) is 2. The van der Waals surface area contributed by atoms with Crippen molar-refractivity contribution in [3.63, 3.8) is 0 Å². The van der Waals surface area contributed by atoms with Crippen LogP contribution in [0.1, 0.15) is 114 Å². The second-order valence-corrected chi connectivity index (χ2v) is 10.6. The summed E-state index contributed by atoms with van der Waals surface area (Å²) in [6, 6.07) is 11.5. The van der Waals surface area contributed by atoms with Crippen LogP contribution in [-0.2, 0) is 24.1 Å². The zero-order valence-electron chi connectivity index (χ0n) is 24.7. The zero-order valence-corrected chi connectivity index (χ0v) is 24.7. The number of rotatable bonds is 14. The highest BCUT2D eigenvalue weighted by molar-refractivity contribution is 5.95. The van der Waals surface area contributed by atoms with Crippen molar-refractivity contribution < 1.29 is 14.0 Å². The van der Waals surface area contributed by atoms with Crippen LogP contribution >= 0.6 is 0 Å². The smallest absolute Gasteiger partial charge is 0.160 e. The maximum absolute atomic E-state index is 14.9. The molecule has 38 heavy (non-hydrogen) atoms. The number of aryl methyl sites for hydroxylation is 2. The maximum atomic E-state index is 14.9. The Labute approximate surface area is 231 Å². The lowest BCUT2D eigenvalue weighted by atomic mass is 9.89. The average molecular weight is 524 g/mol. The number of ketones is 2. The monoisotopic (exact) mass is 523 g/mol. The van der Waals surface area contributed by atoms with Crippen molar-refractivity contribution in [3.8, 4) is 0 Å². The van der Waals surface area contributed by atoms with Gasteiger partial charge in [-0.3, -0.25) is 9.59 Å². The Morgan fingerprint density at radius 3 is 2.37 bits per heavy atom. The molecular weight excluding hydrogens is 473 g/mol. The fraction of sp³-hybridized carbons (Fsp3) is 0.588. The van der Waals surface area contributed by atoms with E-state index in [9.17, 15) is 14.0 Å². The quantitative estimate of drug-likeness (QED) is 0.232. The molecule has 3 nitrogen and oxygen atoms in total. The van der Waals surface area contributed by atoms with Crippen molar-refractivity contribution in [1.82, 2.24) is 0 Å². The summed E-state index contributed by atoms with van der Waals surface area (Å²) in [4.78, 5) is 27.2. The van der Waals surface area contributed by atoms with Crippen LogP contribution in [0.2, 0.25) is 0 Å². The van der Waals surface area contributed by atoms with Crippen LogP contribution in [0.25, 0.3) is 0 Å². The van der Waals surface area contributed by atoms with Gasteiger partial charge in [-0.15, -0.1) is 0 Å². The minimum absolute atomic E-state index is 0.0441. The fourth-order valence-electron chi connectivity index (χ4n) is 5.73. The van der Waals surface area contributed by atoms with E-state index in [1.807, 2.05) is 44.2 Å². The van der Waals surface area contributed by atoms with Gasteiger partial charge in [-0.2, -0.15) is 0 Å². The first-order chi connectivity index (χ1) is 18.4. The van der Waals surface area contributed by atoms with Crippen LogP contribution in [0.3, 0.4) is 0 Å². The molecule has 2 aromatic rings. The normalized spacial score (nSPS) is 15.7. The highest BCUT2D eigenvalue weighted by Crippen LogP contribution is 2.29. The SMILES string of the molecule is CC.CCCC(CC)C(=O)Cc1ccc(C(C)=O)c(CCCc2ccc(N3CC[C@@H](CCC)C3)c(F)c2)c1. The van der Waals surface area contributed by atoms with E-state index in [0.717, 1.165) is 86.0 Å². The molecule has 1 aliphatic heterocycles. The molecule has 0 amide bonds. The van der Waals surface area contributed by atoms with E-state index >= 15 is 0 Å². The molecule has 210 valence electrons. The third kappa shape index (κ3) is 9.06. The molecule has 2 aromatic carbocycles. The van der Waals surface area contributed by atoms with Crippen molar-refractivity contribution in [2.24, 2.45) is 11.8 Å². The fourth-order valence-corrected chi connectivity index (χ4v) is 5.73. The van der Waals surface area contributed by atoms with E-state index in [1.54, 1.807) is 13.0 Å². The molecule has 0 radical (unpaired) electrons. The predicted molar refractivity (Wildman–Crippen MR) is 159 cm³/mol. The van der Waals surface area contributed by atoms with Crippen LogP contribution in [-0.4, -0.2) is 24.7 Å². The van der Waals surface area contributed by atoms with Crippen LogP contribution in [0.5, 0.6) is 0 Å². The van der Waals surface area contributed by atoms with Crippen molar-refractivity contribution in [3.05, 3.63) is 64.5 Å². The molecular formula is C34H50FNO2. The molecule has 3 rings (SSSR count). The Balaban J connectivity index is 0.00000247. The first-order valence-electron chi connectivity index (χ1n) is 15.0. The van der Waals surface area contributed by atoms with Gasteiger partial charge in [-0.1, -0.05) is 71.7 Å². The molecule has 0 aromatic heterocycles. The van der Waals surface area contributed by atoms with E-state index in [-0.39, 0.29) is 23.3 Å². The number of hydrogen-bond donors (Lipinski definition) is 0. The lowest BCUT2D eigenvalue weighted by molar-refractivity contribution is -0.122. The van der Waals surface area contributed by atoms with Gasteiger partial charge in [0.05, 0.1) is 5.69 Å². The van der Waals surface area contributed by atoms with Crippen LogP contribution in [0, 0.1) is 17.7 Å². The van der Waals surface area contributed by atoms with Crippen molar-refractivity contribution >= 4 is 17.3 Å². The third-order valence-electron chi connectivity index (χ3n) is 7.76. The molecule has 1 heterocycles. The van der Waals surface area contributed by atoms with E-state index < -0.39 is 0 Å². The molecule has 0 aliphatic carbocycles. The Hall–Kier alpha value is -2.49. The third-order valence-corrected chi connectivity index (χ3v) is 7.76. The number of benzene rings is 2. The Morgan fingerprint density at radius 2 is 1.74 bits per heavy atom. The van der Waals surface area contributed by atoms with Crippen molar-refractivity contribution in [2.45, 2.75) is 106 Å². The summed E-state index contributed by atoms with van der Waals surface area (Å²) in [5, 5.41) is 0. The van der Waals surface area contributed by atoms with Gasteiger partial charge in [-0.25, -0.2) is 4.39 Å². The molecule has 1 aliphatic rings. The zero-order chi connectivity index (χ0) is 28.1. The molecule has 1 unspecified atom stereocenters. The first kappa shape index (κ1) is 31.7. The average Bonchev–Trinajstić information content (AvgIpc) is 3.37. The number of nitrogens with zero attached hydrogens (tertiary/aromatic N) is 1. The molecule has 1 saturated heterocycles. The number of halogens is 1. The van der Waals surface area contributed by atoms with Gasteiger partial charge < -0.3 is 4.90 Å². The standard InChI is InChI=1S/C32H44FNO2.C2H6/c1-5-9-25-17-18-34(22-25)31-16-14-24(20-30(31)33)11-8-12-28-19-26(13-15-29(28)23(4)35)21-32(36)27(7-3)10-6-2;1-2/h13-16,19-20,25,27H,5-12,17-18,21-22H2,1-4H3;1-2H3/t25-,27?;/m1./s1. The molecule has 0 N–H and O–H groups in total. The van der Waals surface area contributed by atoms with Gasteiger partial charge in [-0.05, 0) is 86.6 Å². The number of hydrogen-bond acceptors (Lipinski definition) is 3. The van der Waals surface area contributed by atoms with Crippen LogP contribution in [0.15, 0.2) is 36.4 Å². The largest absolute Gasteiger partial charge is 0.369 e. The van der Waals surface area contributed by atoms with Gasteiger partial charge >= 0.3 is 0 Å². The maximum Gasteiger partial charge on any atom is 0.160 e. The summed E-state index contributed by atoms with van der Waals surface area (Å²) in [7, 11) is 0. The van der Waals surface area contributed by atoms with Gasteiger partial charge in [0, 0.05) is 31.0 Å². The first-order valence-corrected chi connectivity index (χ1v) is 15.0. The molecule has 0 spiro atoms. The topological polar surface area (TPSA) is 37.4 Å². The number of anilines is 1. The van der Waals surface area contributed by atoms with Crippen molar-refractivity contribution in [1.29, 1.82) is 0 Å². The molecule has 0 bridgehead atoms. The van der Waals surface area contributed by atoms with Crippen LogP contribution in [0.4, 0.5) is 10.1 Å². The number of carbonyl (C=O) groups excluding carboxylic acids is 2. The summed E-state index contributed by atoms with van der Waals surface area (Å²) >= 11 is 0. The highest BCUT2D eigenvalue weighted by atomic mass is 19.1. The Morgan fingerprint density at radius 1 is 1.00 bits per heavy atom. The van der Waals surface area contributed by atoms with E-state index in [1.165, 1.54) is 12.8 Å². The summed E-state index contributed by atoms with van der Waals surface area (Å²) < 4.78 is 14.9. The summed E-state index contributed by atoms with van der Waals surface area (Å²) in [6.45, 7) is 13.9. The molecule has 2 atom stereocenters. The second-order valence-electron chi connectivity index (χ2n) is 10.6. The van der Waals surface area contributed by atoms with E-state index in [4.69, 9.17) is 0 Å². The van der Waals surface area contributed by atoms with Gasteiger partial charge in [0.25, 0.3) is 0 Å². The summed E-state index contributed by atoms with van der Waals surface area (Å²) in [5.74, 6) is 0.988. The summed E-state index contributed by atoms with van der Waals surface area (Å²) in [5.41, 5.74) is 4.41. The number of carbonyl (C=O) groups is 2. The molecule has 1 fully saturated rings. The highest BCUT2D eigenvalue weighted by Gasteiger charge is 2.24. The predicted octanol–water partition coefficient (Wildman–Crippen LogP) is 8.79. The van der Waals surface area contributed by atoms with Gasteiger partial charge in [0.15, 0.2) is 5.78 Å². The Bertz CT molecular complexity index is 1030. The molecule has 4 heteroatoms. The minimum atomic E-state index is -0.132. The summed E-state index contributed by atoms with van der Waals surface area (Å²) in [6.07, 6.45) is 9.10. The van der Waals surface area contributed by atoms with Crippen LogP contribution < -0.4 is 4.90 Å². The molecule has 0 saturated carbocycles. The van der Waals surface area contributed by atoms with E-state index in [2.05, 4.69) is 25.7 Å². The Kier molecular flexibility index (Phi) is 13.7.